The van der Waals surface area contributed by atoms with E-state index in [1.54, 1.807) is 24.3 Å². The molecule has 0 aliphatic rings. The van der Waals surface area contributed by atoms with E-state index in [2.05, 4.69) is 0 Å². The van der Waals surface area contributed by atoms with Gasteiger partial charge in [-0.2, -0.15) is 0 Å². The standard InChI is InChI=1S/C18H15NO2/c1-12-3-2-4-14-11-17(21-18(12)14)16(20)10-7-13-5-8-15(19)9-6-13/h2-11H,19H2,1H3/b10-7+. The van der Waals surface area contributed by atoms with E-state index in [1.807, 2.05) is 37.3 Å². The third-order valence-corrected chi connectivity index (χ3v) is 3.35. The third-order valence-electron chi connectivity index (χ3n) is 3.35. The maximum absolute atomic E-state index is 12.2. The van der Waals surface area contributed by atoms with Crippen molar-refractivity contribution in [2.24, 2.45) is 0 Å². The predicted octanol–water partition coefficient (Wildman–Crippen LogP) is 4.22. The Hall–Kier alpha value is -2.81. The number of aryl methyl sites for hydroxylation is 1. The molecule has 0 aliphatic carbocycles. The van der Waals surface area contributed by atoms with Crippen LogP contribution in [0, 0.1) is 6.92 Å². The number of para-hydroxylation sites is 1. The van der Waals surface area contributed by atoms with Gasteiger partial charge in [0.15, 0.2) is 5.76 Å². The summed E-state index contributed by atoms with van der Waals surface area (Å²) in [5.41, 5.74) is 9.03. The highest BCUT2D eigenvalue weighted by Crippen LogP contribution is 2.23. The molecule has 3 aromatic rings. The largest absolute Gasteiger partial charge is 0.452 e. The number of carbonyl (C=O) groups is 1. The normalized spacial score (nSPS) is 11.3. The van der Waals surface area contributed by atoms with Crippen LogP contribution in [0.4, 0.5) is 5.69 Å². The van der Waals surface area contributed by atoms with E-state index in [4.69, 9.17) is 10.2 Å². The van der Waals surface area contributed by atoms with Crippen LogP contribution in [0.1, 0.15) is 21.7 Å². The topological polar surface area (TPSA) is 56.2 Å². The first kappa shape index (κ1) is 13.2. The summed E-state index contributed by atoms with van der Waals surface area (Å²) in [7, 11) is 0. The lowest BCUT2D eigenvalue weighted by molar-refractivity contribution is 0.102. The lowest BCUT2D eigenvalue weighted by Crippen LogP contribution is -1.90. The molecule has 0 atom stereocenters. The zero-order valence-corrected chi connectivity index (χ0v) is 11.7. The van der Waals surface area contributed by atoms with Gasteiger partial charge in [-0.15, -0.1) is 0 Å². The lowest BCUT2D eigenvalue weighted by Gasteiger charge is -1.94. The summed E-state index contributed by atoms with van der Waals surface area (Å²) in [5.74, 6) is 0.202. The molecule has 0 unspecified atom stereocenters. The highest BCUT2D eigenvalue weighted by molar-refractivity contribution is 6.07. The molecular weight excluding hydrogens is 262 g/mol. The Bertz CT molecular complexity index is 826. The highest BCUT2D eigenvalue weighted by Gasteiger charge is 2.10. The fraction of sp³-hybridized carbons (Fsp3) is 0.0556. The Balaban J connectivity index is 1.86. The number of nitrogens with two attached hydrogens (primary N) is 1. The van der Waals surface area contributed by atoms with Crippen LogP contribution in [0.25, 0.3) is 17.0 Å². The summed E-state index contributed by atoms with van der Waals surface area (Å²) < 4.78 is 5.65. The van der Waals surface area contributed by atoms with Crippen molar-refractivity contribution in [2.75, 3.05) is 5.73 Å². The number of anilines is 1. The molecule has 0 saturated carbocycles. The van der Waals surface area contributed by atoms with Crippen molar-refractivity contribution in [1.29, 1.82) is 0 Å². The molecule has 104 valence electrons. The quantitative estimate of drug-likeness (QED) is 0.443. The lowest BCUT2D eigenvalue weighted by atomic mass is 10.1. The zero-order valence-electron chi connectivity index (χ0n) is 11.7. The van der Waals surface area contributed by atoms with Gasteiger partial charge in [-0.1, -0.05) is 36.4 Å². The van der Waals surface area contributed by atoms with Gasteiger partial charge in [-0.05, 0) is 42.3 Å². The van der Waals surface area contributed by atoms with Gasteiger partial charge in [-0.25, -0.2) is 0 Å². The van der Waals surface area contributed by atoms with Crippen LogP contribution < -0.4 is 5.73 Å². The SMILES string of the molecule is Cc1cccc2cc(C(=O)/C=C/c3ccc(N)cc3)oc12. The van der Waals surface area contributed by atoms with Crippen LogP contribution in [0.2, 0.25) is 0 Å². The second kappa shape index (κ2) is 5.29. The first-order valence-electron chi connectivity index (χ1n) is 6.70. The molecule has 0 saturated heterocycles. The minimum atomic E-state index is -0.151. The number of hydrogen-bond donors (Lipinski definition) is 1. The van der Waals surface area contributed by atoms with Crippen molar-refractivity contribution in [3.63, 3.8) is 0 Å². The van der Waals surface area contributed by atoms with Gasteiger partial charge in [0.2, 0.25) is 5.78 Å². The summed E-state index contributed by atoms with van der Waals surface area (Å²) in [6.45, 7) is 1.96. The van der Waals surface area contributed by atoms with Crippen LogP contribution in [0.3, 0.4) is 0 Å². The van der Waals surface area contributed by atoms with Crippen molar-refractivity contribution in [2.45, 2.75) is 6.92 Å². The van der Waals surface area contributed by atoms with Gasteiger partial charge in [-0.3, -0.25) is 4.79 Å². The monoisotopic (exact) mass is 277 g/mol. The fourth-order valence-corrected chi connectivity index (χ4v) is 2.19. The van der Waals surface area contributed by atoms with Crippen LogP contribution in [-0.2, 0) is 0 Å². The summed E-state index contributed by atoms with van der Waals surface area (Å²) in [6, 6.07) is 15.0. The van der Waals surface area contributed by atoms with E-state index in [0.717, 1.165) is 22.1 Å². The summed E-state index contributed by atoms with van der Waals surface area (Å²) in [4.78, 5) is 12.2. The van der Waals surface area contributed by atoms with Crippen molar-refractivity contribution >= 4 is 28.5 Å². The molecule has 0 radical (unpaired) electrons. The van der Waals surface area contributed by atoms with Crippen LogP contribution in [0.15, 0.2) is 59.0 Å². The van der Waals surface area contributed by atoms with Crippen molar-refractivity contribution in [3.8, 4) is 0 Å². The van der Waals surface area contributed by atoms with E-state index in [-0.39, 0.29) is 5.78 Å². The Morgan fingerprint density at radius 2 is 1.90 bits per heavy atom. The fourth-order valence-electron chi connectivity index (χ4n) is 2.19. The van der Waals surface area contributed by atoms with E-state index < -0.39 is 0 Å². The molecule has 3 nitrogen and oxygen atoms in total. The Labute approximate surface area is 122 Å². The molecule has 0 aliphatic heterocycles. The number of benzene rings is 2. The minimum absolute atomic E-state index is 0.151. The summed E-state index contributed by atoms with van der Waals surface area (Å²) in [6.07, 6.45) is 3.26. The number of rotatable bonds is 3. The summed E-state index contributed by atoms with van der Waals surface area (Å²) >= 11 is 0. The second-order valence-corrected chi connectivity index (χ2v) is 4.97. The molecule has 2 N–H and O–H groups in total. The van der Waals surface area contributed by atoms with Crippen molar-refractivity contribution < 1.29 is 9.21 Å². The highest BCUT2D eigenvalue weighted by atomic mass is 16.3. The molecule has 0 bridgehead atoms. The maximum atomic E-state index is 12.2. The van der Waals surface area contributed by atoms with Gasteiger partial charge < -0.3 is 10.2 Å². The average Bonchev–Trinajstić information content (AvgIpc) is 2.92. The van der Waals surface area contributed by atoms with E-state index in [0.29, 0.717) is 11.4 Å². The van der Waals surface area contributed by atoms with Gasteiger partial charge in [0, 0.05) is 11.1 Å². The Kier molecular flexibility index (Phi) is 3.32. The van der Waals surface area contributed by atoms with E-state index in [9.17, 15) is 4.79 Å². The molecule has 0 amide bonds. The molecule has 3 rings (SSSR count). The van der Waals surface area contributed by atoms with Gasteiger partial charge in [0.25, 0.3) is 0 Å². The predicted molar refractivity (Wildman–Crippen MR) is 85.2 cm³/mol. The van der Waals surface area contributed by atoms with Crippen LogP contribution in [0.5, 0.6) is 0 Å². The molecule has 2 aromatic carbocycles. The molecule has 1 aromatic heterocycles. The number of fused-ring (bicyclic) bond motifs is 1. The number of ketones is 1. The van der Waals surface area contributed by atoms with Crippen LogP contribution in [-0.4, -0.2) is 5.78 Å². The number of furan rings is 1. The Morgan fingerprint density at radius 3 is 2.62 bits per heavy atom. The molecule has 3 heteroatoms. The minimum Gasteiger partial charge on any atom is -0.452 e. The van der Waals surface area contributed by atoms with Crippen LogP contribution >= 0.6 is 0 Å². The number of allylic oxidation sites excluding steroid dienone is 1. The number of hydrogen-bond acceptors (Lipinski definition) is 3. The van der Waals surface area contributed by atoms with E-state index in [1.165, 1.54) is 6.08 Å². The molecule has 0 fully saturated rings. The average molecular weight is 277 g/mol. The van der Waals surface area contributed by atoms with Gasteiger partial charge >= 0.3 is 0 Å². The van der Waals surface area contributed by atoms with Crippen molar-refractivity contribution in [3.05, 3.63) is 71.5 Å². The molecule has 21 heavy (non-hydrogen) atoms. The first-order chi connectivity index (χ1) is 10.1. The number of carbonyl (C=O) groups excluding carboxylic acids is 1. The summed E-state index contributed by atoms with van der Waals surface area (Å²) in [5, 5.41) is 0.944. The molecule has 1 heterocycles. The second-order valence-electron chi connectivity index (χ2n) is 4.97. The Morgan fingerprint density at radius 1 is 1.14 bits per heavy atom. The number of nitrogen functional groups attached to an aromatic ring is 1. The van der Waals surface area contributed by atoms with Crippen molar-refractivity contribution in [1.82, 2.24) is 0 Å². The smallest absolute Gasteiger partial charge is 0.221 e. The first-order valence-corrected chi connectivity index (χ1v) is 6.70. The van der Waals surface area contributed by atoms with Gasteiger partial charge in [0.05, 0.1) is 0 Å². The molecule has 0 spiro atoms. The maximum Gasteiger partial charge on any atom is 0.221 e. The third kappa shape index (κ3) is 2.72. The van der Waals surface area contributed by atoms with Gasteiger partial charge in [0.1, 0.15) is 5.58 Å². The zero-order chi connectivity index (χ0) is 14.8. The molecular formula is C18H15NO2. The van der Waals surface area contributed by atoms with E-state index >= 15 is 0 Å².